The molecule has 0 amide bonds. The number of nitrogen functional groups attached to an aromatic ring is 1. The Labute approximate surface area is 227 Å². The van der Waals surface area contributed by atoms with Gasteiger partial charge in [-0.25, -0.2) is 18.6 Å². The lowest BCUT2D eigenvalue weighted by Crippen LogP contribution is -2.47. The van der Waals surface area contributed by atoms with Crippen LogP contribution in [-0.2, 0) is 11.3 Å². The summed E-state index contributed by atoms with van der Waals surface area (Å²) in [7, 11) is 0. The fraction of sp³-hybridized carbons (Fsp3) is 0.292. The number of carboxylic acids is 1. The summed E-state index contributed by atoms with van der Waals surface area (Å²) in [5.74, 6) is -3.08. The molecule has 208 valence electrons. The van der Waals surface area contributed by atoms with Gasteiger partial charge in [-0.3, -0.25) is 14.3 Å². The Morgan fingerprint density at radius 3 is 2.65 bits per heavy atom. The van der Waals surface area contributed by atoms with Crippen molar-refractivity contribution in [1.29, 1.82) is 0 Å². The minimum atomic E-state index is -1.34. The number of furan rings is 1. The van der Waals surface area contributed by atoms with E-state index in [1.54, 1.807) is 21.6 Å². The molecule has 1 fully saturated rings. The van der Waals surface area contributed by atoms with Crippen molar-refractivity contribution < 1.29 is 27.8 Å². The molecule has 1 aromatic carbocycles. The molecule has 4 aromatic heterocycles. The summed E-state index contributed by atoms with van der Waals surface area (Å²) in [5, 5.41) is 13.1. The fourth-order valence-corrected chi connectivity index (χ4v) is 5.56. The summed E-state index contributed by atoms with van der Waals surface area (Å²) in [4.78, 5) is 36.2. The lowest BCUT2D eigenvalue weighted by Gasteiger charge is -2.36. The van der Waals surface area contributed by atoms with Gasteiger partial charge in [-0.1, -0.05) is 11.3 Å². The fourth-order valence-electron chi connectivity index (χ4n) is 4.62. The molecule has 0 saturated carbocycles. The quantitative estimate of drug-likeness (QED) is 0.280. The van der Waals surface area contributed by atoms with Gasteiger partial charge < -0.3 is 24.9 Å². The topological polar surface area (TPSA) is 157 Å². The first-order valence-corrected chi connectivity index (χ1v) is 13.0. The lowest BCUT2D eigenvalue weighted by molar-refractivity contribution is -0.139. The Morgan fingerprint density at radius 2 is 1.93 bits per heavy atom. The van der Waals surface area contributed by atoms with Crippen molar-refractivity contribution in [2.75, 3.05) is 50.0 Å². The molecule has 1 aliphatic rings. The Bertz CT molecular complexity index is 1780. The minimum Gasteiger partial charge on any atom is -0.479 e. The minimum absolute atomic E-state index is 0.0843. The molecule has 1 saturated heterocycles. The molecule has 16 heteroatoms. The molecule has 0 radical (unpaired) electrons. The average molecular weight is 573 g/mol. The summed E-state index contributed by atoms with van der Waals surface area (Å²) in [6.45, 7) is 1.98. The molecule has 0 bridgehead atoms. The molecule has 3 N–H and O–H groups in total. The van der Waals surface area contributed by atoms with Gasteiger partial charge in [0.2, 0.25) is 11.8 Å². The molecule has 5 heterocycles. The molecule has 0 unspecified atom stereocenters. The Kier molecular flexibility index (Phi) is 6.55. The highest BCUT2D eigenvalue weighted by Gasteiger charge is 2.25. The molecule has 0 atom stereocenters. The Hall–Kier alpha value is -4.57. The molecule has 13 nitrogen and oxygen atoms in total. The SMILES string of the molecule is Nc1nc2c(sc(=O)n2CCN2CCN(c3ccc(F)c(OCC(=O)O)c3F)CC2)c2nc(-c3ccco3)nn12. The van der Waals surface area contributed by atoms with Crippen molar-refractivity contribution >= 4 is 44.9 Å². The number of nitrogens with two attached hydrogens (primary N) is 1. The molecule has 5 aromatic rings. The maximum atomic E-state index is 14.9. The van der Waals surface area contributed by atoms with Crippen molar-refractivity contribution in [3.05, 3.63) is 51.8 Å². The van der Waals surface area contributed by atoms with Gasteiger partial charge in [0, 0.05) is 39.3 Å². The van der Waals surface area contributed by atoms with Crippen LogP contribution in [-0.4, -0.2) is 79.5 Å². The van der Waals surface area contributed by atoms with Gasteiger partial charge in [0.25, 0.3) is 0 Å². The number of carboxylic acid groups (broad SMARTS) is 1. The van der Waals surface area contributed by atoms with Crippen LogP contribution < -0.4 is 20.2 Å². The normalized spacial score (nSPS) is 14.4. The third kappa shape index (κ3) is 4.60. The number of rotatable bonds is 8. The predicted molar refractivity (Wildman–Crippen MR) is 141 cm³/mol. The smallest absolute Gasteiger partial charge is 0.341 e. The van der Waals surface area contributed by atoms with E-state index >= 15 is 0 Å². The van der Waals surface area contributed by atoms with Crippen LogP contribution in [0.2, 0.25) is 0 Å². The third-order valence-corrected chi connectivity index (χ3v) is 7.54. The first kappa shape index (κ1) is 25.7. The summed E-state index contributed by atoms with van der Waals surface area (Å²) in [5.41, 5.74) is 7.10. The van der Waals surface area contributed by atoms with Crippen LogP contribution in [0.15, 0.2) is 39.7 Å². The van der Waals surface area contributed by atoms with Crippen LogP contribution in [0, 0.1) is 11.6 Å². The van der Waals surface area contributed by atoms with Gasteiger partial charge in [0.1, 0.15) is 4.70 Å². The number of carbonyl (C=O) groups is 1. The molecule has 1 aliphatic heterocycles. The van der Waals surface area contributed by atoms with Crippen LogP contribution in [0.25, 0.3) is 27.6 Å². The van der Waals surface area contributed by atoms with Crippen LogP contribution in [0.4, 0.5) is 20.4 Å². The molecule has 40 heavy (non-hydrogen) atoms. The van der Waals surface area contributed by atoms with Gasteiger partial charge in [0.15, 0.2) is 41.0 Å². The molecular formula is C24H22F2N8O5S. The van der Waals surface area contributed by atoms with E-state index in [1.807, 2.05) is 0 Å². The highest BCUT2D eigenvalue weighted by Crippen LogP contribution is 2.31. The third-order valence-electron chi connectivity index (χ3n) is 6.58. The predicted octanol–water partition coefficient (Wildman–Crippen LogP) is 1.91. The van der Waals surface area contributed by atoms with Crippen LogP contribution in [0.3, 0.4) is 0 Å². The summed E-state index contributed by atoms with van der Waals surface area (Å²) in [6, 6.07) is 5.80. The van der Waals surface area contributed by atoms with E-state index in [-0.39, 0.29) is 16.5 Å². The second-order valence-electron chi connectivity index (χ2n) is 9.01. The number of thiazole rings is 1. The van der Waals surface area contributed by atoms with E-state index in [9.17, 15) is 18.4 Å². The largest absolute Gasteiger partial charge is 0.479 e. The number of halogens is 2. The van der Waals surface area contributed by atoms with E-state index in [1.165, 1.54) is 16.8 Å². The maximum absolute atomic E-state index is 14.9. The summed E-state index contributed by atoms with van der Waals surface area (Å²) in [6.07, 6.45) is 1.51. The number of aromatic nitrogens is 5. The monoisotopic (exact) mass is 572 g/mol. The molecule has 0 spiro atoms. The van der Waals surface area contributed by atoms with Gasteiger partial charge >= 0.3 is 10.8 Å². The van der Waals surface area contributed by atoms with E-state index in [0.717, 1.165) is 17.4 Å². The molecule has 0 aliphatic carbocycles. The van der Waals surface area contributed by atoms with E-state index in [0.29, 0.717) is 66.8 Å². The van der Waals surface area contributed by atoms with Gasteiger partial charge in [0.05, 0.1) is 12.0 Å². The second-order valence-corrected chi connectivity index (χ2v) is 9.97. The number of ether oxygens (including phenoxy) is 1. The molecular weight excluding hydrogens is 550 g/mol. The van der Waals surface area contributed by atoms with E-state index in [4.69, 9.17) is 20.0 Å². The Balaban J connectivity index is 1.16. The van der Waals surface area contributed by atoms with Crippen molar-refractivity contribution in [3.63, 3.8) is 0 Å². The van der Waals surface area contributed by atoms with E-state index in [2.05, 4.69) is 20.0 Å². The highest BCUT2D eigenvalue weighted by molar-refractivity contribution is 7.17. The van der Waals surface area contributed by atoms with Crippen molar-refractivity contribution in [2.45, 2.75) is 6.54 Å². The summed E-state index contributed by atoms with van der Waals surface area (Å²) < 4.78 is 42.6. The number of anilines is 2. The second kappa shape index (κ2) is 10.2. The number of hydrogen-bond donors (Lipinski definition) is 2. The van der Waals surface area contributed by atoms with Crippen LogP contribution in [0.5, 0.6) is 5.75 Å². The van der Waals surface area contributed by atoms with Gasteiger partial charge in [-0.15, -0.1) is 5.10 Å². The van der Waals surface area contributed by atoms with Gasteiger partial charge in [-0.2, -0.15) is 9.50 Å². The zero-order valence-electron chi connectivity index (χ0n) is 20.8. The Morgan fingerprint density at radius 1 is 1.12 bits per heavy atom. The first-order valence-electron chi connectivity index (χ1n) is 12.2. The van der Waals surface area contributed by atoms with Crippen molar-refractivity contribution in [1.82, 2.24) is 29.0 Å². The number of aliphatic carboxylic acids is 1. The number of hydrogen-bond acceptors (Lipinski definition) is 11. The van der Waals surface area contributed by atoms with Gasteiger partial charge in [-0.05, 0) is 24.3 Å². The zero-order chi connectivity index (χ0) is 28.0. The van der Waals surface area contributed by atoms with Crippen molar-refractivity contribution in [3.8, 4) is 17.3 Å². The average Bonchev–Trinajstić information content (AvgIpc) is 3.67. The number of piperazine rings is 1. The highest BCUT2D eigenvalue weighted by atomic mass is 32.1. The number of fused-ring (bicyclic) bond motifs is 3. The number of benzene rings is 1. The lowest BCUT2D eigenvalue weighted by atomic mass is 10.2. The van der Waals surface area contributed by atoms with E-state index < -0.39 is 30.0 Å². The summed E-state index contributed by atoms with van der Waals surface area (Å²) >= 11 is 1.01. The number of nitrogens with zero attached hydrogens (tertiary/aromatic N) is 7. The molecule has 6 rings (SSSR count). The van der Waals surface area contributed by atoms with Crippen LogP contribution in [0.1, 0.15) is 0 Å². The zero-order valence-corrected chi connectivity index (χ0v) is 21.6. The van der Waals surface area contributed by atoms with Crippen LogP contribution >= 0.6 is 11.3 Å². The standard InChI is InChI=1S/C24H22F2N8O5S/c25-13-3-4-14(17(26)18(13)39-12-16(35)36)32-8-5-31(6-9-32)7-10-33-21-19(40-24(33)37)22-28-20(15-2-1-11-38-15)30-34(22)23(27)29-21/h1-4,11H,5-10,12H2,(H2,27,29)(H,35,36). The maximum Gasteiger partial charge on any atom is 0.341 e. The first-order chi connectivity index (χ1) is 19.3. The van der Waals surface area contributed by atoms with Crippen molar-refractivity contribution in [2.24, 2.45) is 0 Å².